The molecule has 1 fully saturated rings. The summed E-state index contributed by atoms with van der Waals surface area (Å²) in [5.74, 6) is 3.16. The fourth-order valence-corrected chi connectivity index (χ4v) is 3.32. The highest BCUT2D eigenvalue weighted by Gasteiger charge is 2.23. The molecule has 162 valence electrons. The van der Waals surface area contributed by atoms with Crippen LogP contribution in [0, 0.1) is 5.92 Å². The van der Waals surface area contributed by atoms with Crippen molar-refractivity contribution in [1.82, 2.24) is 4.98 Å². The Hall–Kier alpha value is -3.28. The van der Waals surface area contributed by atoms with Crippen molar-refractivity contribution >= 4 is 5.78 Å². The highest BCUT2D eigenvalue weighted by atomic mass is 16.5. The lowest BCUT2D eigenvalue weighted by Crippen LogP contribution is -2.05. The molecule has 6 nitrogen and oxygen atoms in total. The first-order chi connectivity index (χ1) is 15.2. The summed E-state index contributed by atoms with van der Waals surface area (Å²) in [5.41, 5.74) is 2.14. The Kier molecular flexibility index (Phi) is 6.55. The molecule has 0 aliphatic heterocycles. The van der Waals surface area contributed by atoms with Gasteiger partial charge in [-0.2, -0.15) is 0 Å². The number of ketones is 1. The molecule has 0 radical (unpaired) electrons. The highest BCUT2D eigenvalue weighted by Crippen LogP contribution is 2.35. The maximum atomic E-state index is 12.7. The molecule has 0 atom stereocenters. The molecule has 0 amide bonds. The minimum absolute atomic E-state index is 0.0220. The number of oxazole rings is 1. The average molecular weight is 421 g/mol. The molecule has 6 heteroatoms. The van der Waals surface area contributed by atoms with Gasteiger partial charge in [0.25, 0.3) is 0 Å². The summed E-state index contributed by atoms with van der Waals surface area (Å²) < 4.78 is 22.6. The van der Waals surface area contributed by atoms with E-state index in [4.69, 9.17) is 18.6 Å². The molecular formula is C25H27NO5. The van der Waals surface area contributed by atoms with Gasteiger partial charge in [-0.05, 0) is 56.0 Å². The van der Waals surface area contributed by atoms with E-state index in [9.17, 15) is 4.79 Å². The second-order valence-electron chi connectivity index (χ2n) is 7.62. The summed E-state index contributed by atoms with van der Waals surface area (Å²) in [7, 11) is 1.63. The van der Waals surface area contributed by atoms with Gasteiger partial charge in [0.05, 0.1) is 31.6 Å². The topological polar surface area (TPSA) is 70.8 Å². The van der Waals surface area contributed by atoms with E-state index >= 15 is 0 Å². The molecule has 1 heterocycles. The number of methoxy groups -OCH3 is 1. The second-order valence-corrected chi connectivity index (χ2v) is 7.62. The Morgan fingerprint density at radius 3 is 2.71 bits per heavy atom. The Morgan fingerprint density at radius 2 is 1.94 bits per heavy atom. The standard InChI is InChI=1S/C25H27NO5/c1-3-29-22-7-5-4-6-20(22)21(27)12-11-19-16-31-25(26-19)18-10-13-23(28-2)24(14-18)30-15-17-8-9-17/h4-7,10,13-14,16-17H,3,8-9,11-12,15H2,1-2H3. The Labute approximate surface area is 182 Å². The molecule has 2 aromatic carbocycles. The molecule has 0 bridgehead atoms. The van der Waals surface area contributed by atoms with Gasteiger partial charge in [0.2, 0.25) is 5.89 Å². The van der Waals surface area contributed by atoms with Gasteiger partial charge in [0.1, 0.15) is 12.0 Å². The van der Waals surface area contributed by atoms with Crippen molar-refractivity contribution in [3.05, 3.63) is 60.0 Å². The first kappa shape index (κ1) is 21.0. The van der Waals surface area contributed by atoms with E-state index in [-0.39, 0.29) is 5.78 Å². The van der Waals surface area contributed by atoms with E-state index in [1.165, 1.54) is 12.8 Å². The van der Waals surface area contributed by atoms with Crippen LogP contribution in [0.3, 0.4) is 0 Å². The number of Topliss-reactive ketones (excluding diaryl/α,β-unsaturated/α-hetero) is 1. The molecule has 0 spiro atoms. The van der Waals surface area contributed by atoms with Crippen molar-refractivity contribution in [3.8, 4) is 28.7 Å². The van der Waals surface area contributed by atoms with Crippen molar-refractivity contribution in [2.75, 3.05) is 20.3 Å². The van der Waals surface area contributed by atoms with Crippen molar-refractivity contribution in [2.45, 2.75) is 32.6 Å². The van der Waals surface area contributed by atoms with Crippen LogP contribution in [0.2, 0.25) is 0 Å². The largest absolute Gasteiger partial charge is 0.493 e. The monoisotopic (exact) mass is 421 g/mol. The van der Waals surface area contributed by atoms with E-state index in [0.29, 0.717) is 60.7 Å². The zero-order valence-electron chi connectivity index (χ0n) is 17.9. The van der Waals surface area contributed by atoms with E-state index in [1.807, 2.05) is 43.3 Å². The van der Waals surface area contributed by atoms with Crippen LogP contribution in [-0.2, 0) is 6.42 Å². The number of carbonyl (C=O) groups is 1. The number of benzene rings is 2. The lowest BCUT2D eigenvalue weighted by Gasteiger charge is -2.11. The highest BCUT2D eigenvalue weighted by molar-refractivity contribution is 5.98. The fourth-order valence-electron chi connectivity index (χ4n) is 3.32. The maximum absolute atomic E-state index is 12.7. The first-order valence-electron chi connectivity index (χ1n) is 10.7. The summed E-state index contributed by atoms with van der Waals surface area (Å²) in [6.07, 6.45) is 4.86. The Bertz CT molecular complexity index is 1040. The molecule has 1 aromatic heterocycles. The summed E-state index contributed by atoms with van der Waals surface area (Å²) in [4.78, 5) is 17.2. The molecule has 31 heavy (non-hydrogen) atoms. The van der Waals surface area contributed by atoms with Gasteiger partial charge >= 0.3 is 0 Å². The molecule has 0 N–H and O–H groups in total. The van der Waals surface area contributed by atoms with Gasteiger partial charge in [-0.1, -0.05) is 12.1 Å². The van der Waals surface area contributed by atoms with Gasteiger partial charge < -0.3 is 18.6 Å². The molecule has 0 unspecified atom stereocenters. The smallest absolute Gasteiger partial charge is 0.226 e. The van der Waals surface area contributed by atoms with Crippen molar-refractivity contribution in [1.29, 1.82) is 0 Å². The van der Waals surface area contributed by atoms with Crippen molar-refractivity contribution < 1.29 is 23.4 Å². The molecule has 1 aliphatic carbocycles. The van der Waals surface area contributed by atoms with Gasteiger partial charge in [0, 0.05) is 18.4 Å². The predicted octanol–water partition coefficient (Wildman–Crippen LogP) is 5.35. The van der Waals surface area contributed by atoms with E-state index in [1.54, 1.807) is 19.4 Å². The van der Waals surface area contributed by atoms with Crippen LogP contribution in [0.25, 0.3) is 11.5 Å². The summed E-state index contributed by atoms with van der Waals surface area (Å²) >= 11 is 0. The molecule has 1 aliphatic rings. The van der Waals surface area contributed by atoms with Gasteiger partial charge in [-0.15, -0.1) is 0 Å². The lowest BCUT2D eigenvalue weighted by molar-refractivity contribution is 0.0979. The van der Waals surface area contributed by atoms with E-state index in [2.05, 4.69) is 4.98 Å². The Morgan fingerprint density at radius 1 is 1.10 bits per heavy atom. The quantitative estimate of drug-likeness (QED) is 0.389. The summed E-state index contributed by atoms with van der Waals surface area (Å²) in [5, 5.41) is 0. The van der Waals surface area contributed by atoms with Crippen LogP contribution in [0.1, 0.15) is 42.2 Å². The number of hydrogen-bond donors (Lipinski definition) is 0. The van der Waals surface area contributed by atoms with E-state index in [0.717, 1.165) is 11.3 Å². The number of nitrogens with zero attached hydrogens (tertiary/aromatic N) is 1. The number of carbonyl (C=O) groups excluding carboxylic acids is 1. The van der Waals surface area contributed by atoms with Crippen LogP contribution in [0.5, 0.6) is 17.2 Å². The number of hydrogen-bond acceptors (Lipinski definition) is 6. The van der Waals surface area contributed by atoms with Crippen molar-refractivity contribution in [2.24, 2.45) is 5.92 Å². The summed E-state index contributed by atoms with van der Waals surface area (Å²) in [6.45, 7) is 3.12. The van der Waals surface area contributed by atoms with Crippen LogP contribution in [-0.4, -0.2) is 31.1 Å². The lowest BCUT2D eigenvalue weighted by atomic mass is 10.0. The Balaban J connectivity index is 1.42. The number of aryl methyl sites for hydroxylation is 1. The predicted molar refractivity (Wildman–Crippen MR) is 117 cm³/mol. The van der Waals surface area contributed by atoms with E-state index < -0.39 is 0 Å². The number of rotatable bonds is 11. The SMILES string of the molecule is CCOc1ccccc1C(=O)CCc1coc(-c2ccc(OC)c(OCC3CC3)c2)n1. The second kappa shape index (κ2) is 9.69. The molecule has 1 saturated carbocycles. The fraction of sp³-hybridized carbons (Fsp3) is 0.360. The molecule has 3 aromatic rings. The third kappa shape index (κ3) is 5.26. The molecule has 4 rings (SSSR count). The van der Waals surface area contributed by atoms with Gasteiger partial charge in [0.15, 0.2) is 17.3 Å². The first-order valence-corrected chi connectivity index (χ1v) is 10.7. The number of aromatic nitrogens is 1. The summed E-state index contributed by atoms with van der Waals surface area (Å²) in [6, 6.07) is 13.0. The van der Waals surface area contributed by atoms with Gasteiger partial charge in [-0.25, -0.2) is 4.98 Å². The van der Waals surface area contributed by atoms with Crippen LogP contribution < -0.4 is 14.2 Å². The average Bonchev–Trinajstić information content (AvgIpc) is 3.51. The third-order valence-corrected chi connectivity index (χ3v) is 5.23. The zero-order chi connectivity index (χ0) is 21.6. The van der Waals surface area contributed by atoms with Crippen LogP contribution >= 0.6 is 0 Å². The minimum Gasteiger partial charge on any atom is -0.493 e. The van der Waals surface area contributed by atoms with Gasteiger partial charge in [-0.3, -0.25) is 4.79 Å². The zero-order valence-corrected chi connectivity index (χ0v) is 17.9. The van der Waals surface area contributed by atoms with Crippen molar-refractivity contribution in [3.63, 3.8) is 0 Å². The molecule has 0 saturated heterocycles. The minimum atomic E-state index is 0.0220. The van der Waals surface area contributed by atoms with Crippen LogP contribution in [0.4, 0.5) is 0 Å². The number of ether oxygens (including phenoxy) is 3. The molecular weight excluding hydrogens is 394 g/mol. The van der Waals surface area contributed by atoms with Crippen LogP contribution in [0.15, 0.2) is 53.1 Å². The normalized spacial score (nSPS) is 13.1. The third-order valence-electron chi connectivity index (χ3n) is 5.23. The number of para-hydroxylation sites is 1. The maximum Gasteiger partial charge on any atom is 0.226 e.